The lowest BCUT2D eigenvalue weighted by atomic mass is 10.0. The van der Waals surface area contributed by atoms with Gasteiger partial charge in [-0.25, -0.2) is 13.6 Å². The lowest BCUT2D eigenvalue weighted by Gasteiger charge is -2.28. The highest BCUT2D eigenvalue weighted by atomic mass is 19.1. The lowest BCUT2D eigenvalue weighted by molar-refractivity contribution is -0.150. The Balaban J connectivity index is 3.34. The summed E-state index contributed by atoms with van der Waals surface area (Å²) < 4.78 is 27.4. The molecular formula is C13H15F2NO3. The summed E-state index contributed by atoms with van der Waals surface area (Å²) in [5.74, 6) is -3.96. The van der Waals surface area contributed by atoms with Crippen LogP contribution in [-0.2, 0) is 9.59 Å². The third-order valence-electron chi connectivity index (χ3n) is 2.69. The fraction of sp³-hybridized carbons (Fsp3) is 0.385. The standard InChI is InChI=1S/C13H15F2NO3/c1-3-7-16(8(2)17)12(13(18)19)11-9(14)5-4-6-10(11)15/h4-6,12H,3,7H2,1-2H3,(H,18,19). The fourth-order valence-corrected chi connectivity index (χ4v) is 1.89. The van der Waals surface area contributed by atoms with Crippen LogP contribution in [0, 0.1) is 11.6 Å². The third kappa shape index (κ3) is 3.27. The van der Waals surface area contributed by atoms with E-state index in [4.69, 9.17) is 0 Å². The van der Waals surface area contributed by atoms with Crippen molar-refractivity contribution in [3.05, 3.63) is 35.4 Å². The number of aliphatic carboxylic acids is 1. The Morgan fingerprint density at radius 1 is 1.32 bits per heavy atom. The molecule has 0 aromatic heterocycles. The molecule has 0 heterocycles. The smallest absolute Gasteiger partial charge is 0.331 e. The van der Waals surface area contributed by atoms with Gasteiger partial charge in [0.05, 0.1) is 5.56 Å². The lowest BCUT2D eigenvalue weighted by Crippen LogP contribution is -2.39. The van der Waals surface area contributed by atoms with Gasteiger partial charge in [0, 0.05) is 13.5 Å². The van der Waals surface area contributed by atoms with Gasteiger partial charge in [-0.3, -0.25) is 4.79 Å². The van der Waals surface area contributed by atoms with Crippen LogP contribution in [0.1, 0.15) is 31.9 Å². The monoisotopic (exact) mass is 271 g/mol. The number of carbonyl (C=O) groups excluding carboxylic acids is 1. The molecular weight excluding hydrogens is 256 g/mol. The van der Waals surface area contributed by atoms with E-state index in [9.17, 15) is 23.5 Å². The summed E-state index contributed by atoms with van der Waals surface area (Å²) in [5, 5.41) is 9.19. The molecule has 1 atom stereocenters. The van der Waals surface area contributed by atoms with Gasteiger partial charge < -0.3 is 10.0 Å². The van der Waals surface area contributed by atoms with Gasteiger partial charge in [0.25, 0.3) is 0 Å². The van der Waals surface area contributed by atoms with Crippen LogP contribution in [0.3, 0.4) is 0 Å². The van der Waals surface area contributed by atoms with Crippen LogP contribution in [0.4, 0.5) is 8.78 Å². The number of halogens is 2. The van der Waals surface area contributed by atoms with Crippen molar-refractivity contribution in [2.75, 3.05) is 6.54 Å². The van der Waals surface area contributed by atoms with Gasteiger partial charge in [0.15, 0.2) is 6.04 Å². The van der Waals surface area contributed by atoms with Crippen LogP contribution in [0.15, 0.2) is 18.2 Å². The van der Waals surface area contributed by atoms with E-state index in [1.165, 1.54) is 6.92 Å². The molecule has 0 spiro atoms. The summed E-state index contributed by atoms with van der Waals surface area (Å²) in [5.41, 5.74) is -0.612. The van der Waals surface area contributed by atoms with Crippen LogP contribution in [0.2, 0.25) is 0 Å². The number of rotatable bonds is 5. The van der Waals surface area contributed by atoms with Crippen molar-refractivity contribution in [3.63, 3.8) is 0 Å². The largest absolute Gasteiger partial charge is 0.479 e. The van der Waals surface area contributed by atoms with Crippen LogP contribution in [0.5, 0.6) is 0 Å². The molecule has 1 aromatic rings. The number of carboxylic acid groups (broad SMARTS) is 1. The molecule has 1 rings (SSSR count). The van der Waals surface area contributed by atoms with Crippen LogP contribution < -0.4 is 0 Å². The Morgan fingerprint density at radius 3 is 2.21 bits per heavy atom. The first kappa shape index (κ1) is 15.1. The average Bonchev–Trinajstić information content (AvgIpc) is 2.31. The van der Waals surface area contributed by atoms with Gasteiger partial charge in [-0.2, -0.15) is 0 Å². The number of carbonyl (C=O) groups is 2. The second kappa shape index (κ2) is 6.26. The van der Waals surface area contributed by atoms with Gasteiger partial charge in [-0.15, -0.1) is 0 Å². The van der Waals surface area contributed by atoms with E-state index >= 15 is 0 Å². The topological polar surface area (TPSA) is 57.6 Å². The van der Waals surface area contributed by atoms with Gasteiger partial charge in [-0.1, -0.05) is 13.0 Å². The Hall–Kier alpha value is -1.98. The van der Waals surface area contributed by atoms with Gasteiger partial charge in [-0.05, 0) is 18.6 Å². The van der Waals surface area contributed by atoms with Crippen molar-refractivity contribution in [2.24, 2.45) is 0 Å². The molecule has 0 radical (unpaired) electrons. The summed E-state index contributed by atoms with van der Waals surface area (Å²) in [4.78, 5) is 23.7. The van der Waals surface area contributed by atoms with Gasteiger partial charge in [0.2, 0.25) is 5.91 Å². The number of amides is 1. The van der Waals surface area contributed by atoms with Crippen molar-refractivity contribution in [2.45, 2.75) is 26.3 Å². The normalized spacial score (nSPS) is 12.0. The molecule has 0 aliphatic rings. The van der Waals surface area contributed by atoms with Crippen LogP contribution >= 0.6 is 0 Å². The minimum atomic E-state index is -1.65. The molecule has 0 bridgehead atoms. The molecule has 0 aliphatic heterocycles. The zero-order valence-corrected chi connectivity index (χ0v) is 10.7. The summed E-state index contributed by atoms with van der Waals surface area (Å²) in [6.07, 6.45) is 0.486. The van der Waals surface area contributed by atoms with E-state index in [1.807, 2.05) is 0 Å². The molecule has 6 heteroatoms. The highest BCUT2D eigenvalue weighted by Crippen LogP contribution is 2.27. The number of benzene rings is 1. The molecule has 0 fully saturated rings. The highest BCUT2D eigenvalue weighted by Gasteiger charge is 2.33. The second-order valence-electron chi connectivity index (χ2n) is 4.09. The third-order valence-corrected chi connectivity index (χ3v) is 2.69. The average molecular weight is 271 g/mol. The quantitative estimate of drug-likeness (QED) is 0.894. The van der Waals surface area contributed by atoms with Crippen molar-refractivity contribution in [3.8, 4) is 0 Å². The first-order valence-electron chi connectivity index (χ1n) is 5.84. The molecule has 0 aliphatic carbocycles. The molecule has 1 amide bonds. The van der Waals surface area contributed by atoms with Crippen LogP contribution in [0.25, 0.3) is 0 Å². The zero-order chi connectivity index (χ0) is 14.6. The van der Waals surface area contributed by atoms with E-state index in [0.29, 0.717) is 6.42 Å². The van der Waals surface area contributed by atoms with Crippen molar-refractivity contribution in [1.82, 2.24) is 4.90 Å². The Bertz CT molecular complexity index is 471. The van der Waals surface area contributed by atoms with Crippen molar-refractivity contribution < 1.29 is 23.5 Å². The summed E-state index contributed by atoms with van der Waals surface area (Å²) in [6, 6.07) is 1.43. The van der Waals surface area contributed by atoms with Crippen molar-refractivity contribution >= 4 is 11.9 Å². The van der Waals surface area contributed by atoms with E-state index in [-0.39, 0.29) is 6.54 Å². The van der Waals surface area contributed by atoms with Crippen molar-refractivity contribution in [1.29, 1.82) is 0 Å². The minimum Gasteiger partial charge on any atom is -0.479 e. The maximum Gasteiger partial charge on any atom is 0.331 e. The fourth-order valence-electron chi connectivity index (χ4n) is 1.89. The number of carboxylic acids is 1. The highest BCUT2D eigenvalue weighted by molar-refractivity contribution is 5.83. The zero-order valence-electron chi connectivity index (χ0n) is 10.7. The number of hydrogen-bond acceptors (Lipinski definition) is 2. The molecule has 1 unspecified atom stereocenters. The molecule has 19 heavy (non-hydrogen) atoms. The number of nitrogens with zero attached hydrogens (tertiary/aromatic N) is 1. The first-order chi connectivity index (χ1) is 8.90. The molecule has 1 N–H and O–H groups in total. The first-order valence-corrected chi connectivity index (χ1v) is 5.84. The van der Waals surface area contributed by atoms with E-state index in [1.54, 1.807) is 6.92 Å². The molecule has 0 saturated heterocycles. The maximum absolute atomic E-state index is 13.7. The molecule has 1 aromatic carbocycles. The van der Waals surface area contributed by atoms with E-state index in [0.717, 1.165) is 23.1 Å². The molecule has 0 saturated carbocycles. The Morgan fingerprint density at radius 2 is 1.84 bits per heavy atom. The predicted molar refractivity (Wildman–Crippen MR) is 64.4 cm³/mol. The Kier molecular flexibility index (Phi) is 4.97. The van der Waals surface area contributed by atoms with Crippen LogP contribution in [-0.4, -0.2) is 28.4 Å². The summed E-state index contributed by atoms with van der Waals surface area (Å²) in [7, 11) is 0. The second-order valence-corrected chi connectivity index (χ2v) is 4.09. The minimum absolute atomic E-state index is 0.111. The van der Waals surface area contributed by atoms with E-state index in [2.05, 4.69) is 0 Å². The Labute approximate surface area is 109 Å². The SMILES string of the molecule is CCCN(C(C)=O)C(C(=O)O)c1c(F)cccc1F. The molecule has 104 valence electrons. The number of hydrogen-bond donors (Lipinski definition) is 1. The summed E-state index contributed by atoms with van der Waals surface area (Å²) in [6.45, 7) is 3.02. The van der Waals surface area contributed by atoms with E-state index < -0.39 is 35.1 Å². The molecule has 4 nitrogen and oxygen atoms in total. The maximum atomic E-state index is 13.7. The predicted octanol–water partition coefficient (Wildman–Crippen LogP) is 2.35. The van der Waals surface area contributed by atoms with Gasteiger partial charge >= 0.3 is 5.97 Å². The summed E-state index contributed by atoms with van der Waals surface area (Å²) >= 11 is 0. The van der Waals surface area contributed by atoms with Gasteiger partial charge in [0.1, 0.15) is 11.6 Å².